The monoisotopic (exact) mass is 122 g/mol. The molecule has 0 amide bonds. The van der Waals surface area contributed by atoms with Crippen LogP contribution in [0.3, 0.4) is 0 Å². The van der Waals surface area contributed by atoms with Crippen molar-refractivity contribution >= 4 is 7.85 Å². The molecule has 0 nitrogen and oxygen atoms in total. The van der Waals surface area contributed by atoms with E-state index in [0.29, 0.717) is 5.82 Å². The van der Waals surface area contributed by atoms with Gasteiger partial charge in [-0.1, -0.05) is 38.9 Å². The largest absolute Gasteiger partial charge is 0.0769 e. The molecule has 0 N–H and O–H groups in total. The first-order valence-electron chi connectivity index (χ1n) is 3.99. The van der Waals surface area contributed by atoms with Crippen LogP contribution in [0.2, 0.25) is 5.82 Å². The van der Waals surface area contributed by atoms with E-state index in [1.165, 1.54) is 19.3 Å². The van der Waals surface area contributed by atoms with Gasteiger partial charge in [0.25, 0.3) is 0 Å². The Morgan fingerprint density at radius 3 is 2.33 bits per heavy atom. The summed E-state index contributed by atoms with van der Waals surface area (Å²) in [5.74, 6) is 2.30. The molecule has 9 heavy (non-hydrogen) atoms. The lowest BCUT2D eigenvalue weighted by atomic mass is 9.85. The molecule has 0 aromatic carbocycles. The molecule has 1 fully saturated rings. The van der Waals surface area contributed by atoms with Gasteiger partial charge in [-0.25, -0.2) is 0 Å². The number of rotatable bonds is 1. The molecular weight excluding hydrogens is 107 g/mol. The highest BCUT2D eigenvalue weighted by Crippen LogP contribution is 2.39. The standard InChI is InChI=1S/C8H15B/c1-3-7-5-8(9)4-6(7)2/h6-8H,3-5H2,1-2H3/t6-,7+,8+/m1/s1. The molecule has 50 valence electrons. The highest BCUT2D eigenvalue weighted by molar-refractivity contribution is 6.11. The number of hydrogen-bond acceptors (Lipinski definition) is 0. The van der Waals surface area contributed by atoms with Crippen LogP contribution in [0.15, 0.2) is 0 Å². The zero-order chi connectivity index (χ0) is 6.85. The van der Waals surface area contributed by atoms with E-state index in [4.69, 9.17) is 7.85 Å². The van der Waals surface area contributed by atoms with Crippen molar-refractivity contribution in [3.05, 3.63) is 0 Å². The van der Waals surface area contributed by atoms with Crippen LogP contribution in [-0.4, -0.2) is 7.85 Å². The zero-order valence-corrected chi connectivity index (χ0v) is 6.43. The molecule has 2 radical (unpaired) electrons. The van der Waals surface area contributed by atoms with Gasteiger partial charge in [0, 0.05) is 0 Å². The smallest absolute Gasteiger partial charge is 0.0699 e. The Balaban J connectivity index is 2.38. The van der Waals surface area contributed by atoms with Crippen LogP contribution < -0.4 is 0 Å². The molecule has 1 heteroatoms. The SMILES string of the molecule is [B][C@@H]1C[C@H](CC)[C@H](C)C1. The third-order valence-corrected chi connectivity index (χ3v) is 2.61. The summed E-state index contributed by atoms with van der Waals surface area (Å²) in [4.78, 5) is 0. The van der Waals surface area contributed by atoms with Crippen LogP contribution in [0.4, 0.5) is 0 Å². The fourth-order valence-corrected chi connectivity index (χ4v) is 1.96. The average molecular weight is 122 g/mol. The van der Waals surface area contributed by atoms with Gasteiger partial charge in [-0.15, -0.1) is 0 Å². The second-order valence-electron chi connectivity index (χ2n) is 3.38. The molecule has 1 saturated carbocycles. The normalized spacial score (nSPS) is 43.6. The third-order valence-electron chi connectivity index (χ3n) is 2.61. The van der Waals surface area contributed by atoms with Crippen molar-refractivity contribution in [1.29, 1.82) is 0 Å². The molecule has 1 rings (SSSR count). The van der Waals surface area contributed by atoms with Gasteiger partial charge in [0.2, 0.25) is 0 Å². The van der Waals surface area contributed by atoms with Gasteiger partial charge in [-0.2, -0.15) is 0 Å². The van der Waals surface area contributed by atoms with E-state index in [1.54, 1.807) is 0 Å². The molecule has 0 saturated heterocycles. The number of hydrogen-bond donors (Lipinski definition) is 0. The predicted octanol–water partition coefficient (Wildman–Crippen LogP) is 2.40. The first-order valence-corrected chi connectivity index (χ1v) is 3.99. The molecule has 0 aromatic heterocycles. The summed E-state index contributed by atoms with van der Waals surface area (Å²) in [6.07, 6.45) is 3.82. The lowest BCUT2D eigenvalue weighted by Gasteiger charge is -2.10. The Morgan fingerprint density at radius 1 is 1.44 bits per heavy atom. The zero-order valence-electron chi connectivity index (χ0n) is 6.43. The van der Waals surface area contributed by atoms with Crippen molar-refractivity contribution in [3.63, 3.8) is 0 Å². The summed E-state index contributed by atoms with van der Waals surface area (Å²) in [6, 6.07) is 0. The lowest BCUT2D eigenvalue weighted by molar-refractivity contribution is 0.407. The summed E-state index contributed by atoms with van der Waals surface area (Å²) in [6.45, 7) is 4.58. The van der Waals surface area contributed by atoms with Crippen molar-refractivity contribution < 1.29 is 0 Å². The minimum absolute atomic E-state index is 0.505. The van der Waals surface area contributed by atoms with Gasteiger partial charge in [-0.3, -0.25) is 0 Å². The van der Waals surface area contributed by atoms with Gasteiger partial charge in [0.15, 0.2) is 0 Å². The molecular formula is C8H15B. The van der Waals surface area contributed by atoms with Gasteiger partial charge < -0.3 is 0 Å². The van der Waals surface area contributed by atoms with E-state index < -0.39 is 0 Å². The van der Waals surface area contributed by atoms with E-state index in [-0.39, 0.29) is 0 Å². The fraction of sp³-hybridized carbons (Fsp3) is 1.00. The van der Waals surface area contributed by atoms with E-state index >= 15 is 0 Å². The Hall–Kier alpha value is 0.0649. The van der Waals surface area contributed by atoms with E-state index in [1.807, 2.05) is 0 Å². The Kier molecular flexibility index (Phi) is 2.20. The molecule has 0 unspecified atom stereocenters. The summed E-state index contributed by atoms with van der Waals surface area (Å²) >= 11 is 0. The average Bonchev–Trinajstić information content (AvgIpc) is 2.10. The van der Waals surface area contributed by atoms with E-state index in [0.717, 1.165) is 11.8 Å². The quantitative estimate of drug-likeness (QED) is 0.468. The molecule has 0 spiro atoms. The van der Waals surface area contributed by atoms with Gasteiger partial charge in [0.05, 0.1) is 7.85 Å². The van der Waals surface area contributed by atoms with Crippen LogP contribution >= 0.6 is 0 Å². The fourth-order valence-electron chi connectivity index (χ4n) is 1.96. The molecule has 0 aliphatic heterocycles. The molecule has 1 aliphatic carbocycles. The Bertz CT molecular complexity index is 90.6. The minimum Gasteiger partial charge on any atom is -0.0769 e. The van der Waals surface area contributed by atoms with Gasteiger partial charge in [-0.05, 0) is 11.8 Å². The third kappa shape index (κ3) is 1.50. The summed E-state index contributed by atoms with van der Waals surface area (Å²) in [5, 5.41) is 0. The molecule has 1 aliphatic rings. The second-order valence-corrected chi connectivity index (χ2v) is 3.38. The lowest BCUT2D eigenvalue weighted by Crippen LogP contribution is -2.00. The van der Waals surface area contributed by atoms with Crippen LogP contribution in [0.25, 0.3) is 0 Å². The van der Waals surface area contributed by atoms with Crippen LogP contribution in [-0.2, 0) is 0 Å². The molecule has 0 bridgehead atoms. The Labute approximate surface area is 59.4 Å². The first-order chi connectivity index (χ1) is 4.24. The molecule has 0 heterocycles. The van der Waals surface area contributed by atoms with Crippen molar-refractivity contribution in [3.8, 4) is 0 Å². The van der Waals surface area contributed by atoms with Crippen LogP contribution in [0.1, 0.15) is 33.1 Å². The summed E-state index contributed by atoms with van der Waals surface area (Å²) in [5.41, 5.74) is 0. The van der Waals surface area contributed by atoms with Crippen molar-refractivity contribution in [2.75, 3.05) is 0 Å². The van der Waals surface area contributed by atoms with Crippen LogP contribution in [0.5, 0.6) is 0 Å². The van der Waals surface area contributed by atoms with Crippen LogP contribution in [0, 0.1) is 11.8 Å². The molecule has 0 aromatic rings. The maximum absolute atomic E-state index is 5.79. The molecule has 3 atom stereocenters. The van der Waals surface area contributed by atoms with Gasteiger partial charge in [0.1, 0.15) is 0 Å². The Morgan fingerprint density at radius 2 is 2.11 bits per heavy atom. The second kappa shape index (κ2) is 2.77. The van der Waals surface area contributed by atoms with Gasteiger partial charge >= 0.3 is 0 Å². The predicted molar refractivity (Wildman–Crippen MR) is 41.7 cm³/mol. The van der Waals surface area contributed by atoms with Crippen molar-refractivity contribution in [2.45, 2.75) is 38.9 Å². The maximum Gasteiger partial charge on any atom is 0.0699 e. The van der Waals surface area contributed by atoms with Crippen molar-refractivity contribution in [2.24, 2.45) is 11.8 Å². The summed E-state index contributed by atoms with van der Waals surface area (Å²) < 4.78 is 0. The minimum atomic E-state index is 0.505. The maximum atomic E-state index is 5.79. The first kappa shape index (κ1) is 7.18. The van der Waals surface area contributed by atoms with E-state index in [9.17, 15) is 0 Å². The highest BCUT2D eigenvalue weighted by atomic mass is 14.3. The summed E-state index contributed by atoms with van der Waals surface area (Å²) in [7, 11) is 5.79. The van der Waals surface area contributed by atoms with Crippen molar-refractivity contribution in [1.82, 2.24) is 0 Å². The topological polar surface area (TPSA) is 0 Å². The highest BCUT2D eigenvalue weighted by Gasteiger charge is 2.26. The van der Waals surface area contributed by atoms with E-state index in [2.05, 4.69) is 13.8 Å².